The van der Waals surface area contributed by atoms with Crippen molar-refractivity contribution in [3.8, 4) is 0 Å². The number of benzene rings is 3. The van der Waals surface area contributed by atoms with E-state index in [4.69, 9.17) is 4.74 Å². The zero-order valence-corrected chi connectivity index (χ0v) is 18.5. The average Bonchev–Trinajstić information content (AvgIpc) is 2.74. The largest absolute Gasteiger partial charge is 0.387 e. The number of aliphatic hydroxyl groups is 1. The molecule has 0 aliphatic carbocycles. The van der Waals surface area contributed by atoms with E-state index >= 15 is 0 Å². The van der Waals surface area contributed by atoms with Crippen molar-refractivity contribution in [1.82, 2.24) is 0 Å². The van der Waals surface area contributed by atoms with Gasteiger partial charge in [0.25, 0.3) is 0 Å². The van der Waals surface area contributed by atoms with E-state index in [2.05, 4.69) is 61.7 Å². The summed E-state index contributed by atoms with van der Waals surface area (Å²) in [6.45, 7) is 6.96. The molecule has 0 spiro atoms. The molecule has 0 bridgehead atoms. The molecule has 0 fully saturated rings. The monoisotopic (exact) mass is 402 g/mol. The molecule has 3 aromatic rings. The summed E-state index contributed by atoms with van der Waals surface area (Å²) < 4.78 is 6.63. The molecule has 3 rings (SSSR count). The summed E-state index contributed by atoms with van der Waals surface area (Å²) >= 11 is 0. The summed E-state index contributed by atoms with van der Waals surface area (Å²) in [6, 6.07) is 30.7. The zero-order chi connectivity index (χ0) is 20.7. The van der Waals surface area contributed by atoms with Crippen LogP contribution in [0, 0.1) is 0 Å². The maximum Gasteiger partial charge on any atom is 0.143 e. The van der Waals surface area contributed by atoms with Crippen molar-refractivity contribution in [1.29, 1.82) is 0 Å². The van der Waals surface area contributed by atoms with Gasteiger partial charge in [-0.2, -0.15) is 0 Å². The van der Waals surface area contributed by atoms with E-state index in [9.17, 15) is 5.11 Å². The van der Waals surface area contributed by atoms with E-state index < -0.39 is 19.8 Å². The molecule has 150 valence electrons. The van der Waals surface area contributed by atoms with Gasteiger partial charge < -0.3 is 9.84 Å². The molecule has 1 N–H and O–H groups in total. The lowest BCUT2D eigenvalue weighted by molar-refractivity contribution is -0.0248. The second-order valence-corrected chi connectivity index (χ2v) is 13.4. The topological polar surface area (TPSA) is 29.5 Å². The lowest BCUT2D eigenvalue weighted by Gasteiger charge is -2.36. The Labute approximate surface area is 175 Å². The first-order valence-electron chi connectivity index (χ1n) is 10.1. The Morgan fingerprint density at radius 2 is 1.14 bits per heavy atom. The molecule has 2 nitrogen and oxygen atoms in total. The van der Waals surface area contributed by atoms with E-state index in [0.29, 0.717) is 0 Å². The van der Waals surface area contributed by atoms with Crippen molar-refractivity contribution in [2.75, 3.05) is 6.61 Å². The Hall–Kier alpha value is -2.46. The fourth-order valence-electron chi connectivity index (χ4n) is 3.43. The molecule has 0 aliphatic rings. The van der Waals surface area contributed by atoms with Gasteiger partial charge in [0.05, 0.1) is 20.8 Å². The summed E-state index contributed by atoms with van der Waals surface area (Å²) in [5.74, 6) is 0. The van der Waals surface area contributed by atoms with Crippen molar-refractivity contribution in [3.05, 3.63) is 119 Å². The summed E-state index contributed by atoms with van der Waals surface area (Å²) in [5.41, 5.74) is 4.49. The molecule has 0 unspecified atom stereocenters. The van der Waals surface area contributed by atoms with Crippen LogP contribution in [0.4, 0.5) is 0 Å². The van der Waals surface area contributed by atoms with E-state index in [1.54, 1.807) is 0 Å². The fourth-order valence-corrected chi connectivity index (χ4v) is 4.23. The molecule has 0 amide bonds. The smallest absolute Gasteiger partial charge is 0.143 e. The summed E-state index contributed by atoms with van der Waals surface area (Å²) in [4.78, 5) is 0. The maximum absolute atomic E-state index is 10.6. The van der Waals surface area contributed by atoms with Crippen LogP contribution in [0.15, 0.2) is 103 Å². The molecule has 29 heavy (non-hydrogen) atoms. The van der Waals surface area contributed by atoms with Crippen LogP contribution < -0.4 is 0 Å². The maximum atomic E-state index is 10.6. The molecule has 0 aromatic heterocycles. The predicted molar refractivity (Wildman–Crippen MR) is 124 cm³/mol. The van der Waals surface area contributed by atoms with Crippen LogP contribution >= 0.6 is 0 Å². The van der Waals surface area contributed by atoms with Gasteiger partial charge in [-0.05, 0) is 16.7 Å². The van der Waals surface area contributed by atoms with Gasteiger partial charge in [-0.25, -0.2) is 0 Å². The third kappa shape index (κ3) is 5.33. The third-order valence-corrected chi connectivity index (χ3v) is 6.02. The second kappa shape index (κ2) is 9.36. The fraction of sp³-hybridized carbons (Fsp3) is 0.231. The van der Waals surface area contributed by atoms with E-state index in [1.165, 1.54) is 0 Å². The Balaban J connectivity index is 2.07. The quantitative estimate of drug-likeness (QED) is 0.382. The second-order valence-electron chi connectivity index (χ2n) is 8.38. The van der Waals surface area contributed by atoms with Crippen molar-refractivity contribution in [2.24, 2.45) is 0 Å². The Kier molecular flexibility index (Phi) is 6.86. The van der Waals surface area contributed by atoms with Crippen LogP contribution in [-0.4, -0.2) is 25.9 Å². The van der Waals surface area contributed by atoms with Crippen molar-refractivity contribution in [2.45, 2.75) is 31.3 Å². The van der Waals surface area contributed by atoms with Crippen LogP contribution in [-0.2, 0) is 10.3 Å². The number of hydrogen-bond acceptors (Lipinski definition) is 2. The van der Waals surface area contributed by atoms with E-state index in [0.717, 1.165) is 16.7 Å². The van der Waals surface area contributed by atoms with E-state index in [1.807, 2.05) is 60.7 Å². The summed E-state index contributed by atoms with van der Waals surface area (Å²) in [5, 5.41) is 10.6. The Morgan fingerprint density at radius 1 is 0.759 bits per heavy atom. The van der Waals surface area contributed by atoms with Gasteiger partial charge in [0, 0.05) is 0 Å². The molecule has 3 aromatic carbocycles. The molecule has 3 heteroatoms. The summed E-state index contributed by atoms with van der Waals surface area (Å²) in [7, 11) is -1.38. The predicted octanol–water partition coefficient (Wildman–Crippen LogP) is 5.79. The SMILES string of the molecule is C[Si](C)(C)/C=C/[C@H](O)COC(c1ccccc1)(c1ccccc1)c1ccccc1. The molecule has 0 radical (unpaired) electrons. The van der Waals surface area contributed by atoms with Crippen LogP contribution in [0.1, 0.15) is 16.7 Å². The van der Waals surface area contributed by atoms with Crippen LogP contribution in [0.25, 0.3) is 0 Å². The van der Waals surface area contributed by atoms with Crippen molar-refractivity contribution in [3.63, 3.8) is 0 Å². The van der Waals surface area contributed by atoms with Gasteiger partial charge in [-0.15, -0.1) is 0 Å². The van der Waals surface area contributed by atoms with Crippen molar-refractivity contribution >= 4 is 8.07 Å². The van der Waals surface area contributed by atoms with E-state index in [-0.39, 0.29) is 6.61 Å². The lowest BCUT2D eigenvalue weighted by Crippen LogP contribution is -2.35. The highest BCUT2D eigenvalue weighted by Crippen LogP contribution is 2.40. The van der Waals surface area contributed by atoms with Crippen LogP contribution in [0.2, 0.25) is 19.6 Å². The molecular formula is C26H30O2Si. The number of hydrogen-bond donors (Lipinski definition) is 1. The number of aliphatic hydroxyl groups excluding tert-OH is 1. The lowest BCUT2D eigenvalue weighted by atomic mass is 9.80. The van der Waals surface area contributed by atoms with Crippen LogP contribution in [0.5, 0.6) is 0 Å². The standard InChI is InChI=1S/C26H30O2Si/c1-29(2,3)20-19-25(27)21-28-26(22-13-7-4-8-14-22,23-15-9-5-10-16-23)24-17-11-6-12-18-24/h4-20,25,27H,21H2,1-3H3/b20-19+/t25-/m0/s1. The average molecular weight is 403 g/mol. The van der Waals surface area contributed by atoms with Crippen LogP contribution in [0.3, 0.4) is 0 Å². The first-order chi connectivity index (χ1) is 13.9. The molecule has 1 atom stereocenters. The minimum atomic E-state index is -1.38. The highest BCUT2D eigenvalue weighted by atomic mass is 28.3. The molecule has 0 heterocycles. The van der Waals surface area contributed by atoms with Gasteiger partial charge in [-0.3, -0.25) is 0 Å². The molecular weight excluding hydrogens is 372 g/mol. The van der Waals surface area contributed by atoms with Gasteiger partial charge >= 0.3 is 0 Å². The van der Waals surface area contributed by atoms with Crippen molar-refractivity contribution < 1.29 is 9.84 Å². The van der Waals surface area contributed by atoms with Gasteiger partial charge in [0.15, 0.2) is 0 Å². The molecule has 0 aliphatic heterocycles. The Morgan fingerprint density at radius 3 is 1.48 bits per heavy atom. The highest BCUT2D eigenvalue weighted by Gasteiger charge is 2.37. The Bertz CT molecular complexity index is 803. The minimum absolute atomic E-state index is 0.208. The third-order valence-electron chi connectivity index (χ3n) is 4.83. The van der Waals surface area contributed by atoms with Gasteiger partial charge in [-0.1, -0.05) is 122 Å². The number of ether oxygens (including phenoxy) is 1. The molecule has 0 saturated carbocycles. The number of rotatable bonds is 8. The zero-order valence-electron chi connectivity index (χ0n) is 17.5. The first-order valence-corrected chi connectivity index (χ1v) is 13.7. The van der Waals surface area contributed by atoms with Gasteiger partial charge in [0.1, 0.15) is 5.60 Å². The minimum Gasteiger partial charge on any atom is -0.387 e. The first kappa shape index (κ1) is 21.3. The molecule has 0 saturated heterocycles. The summed E-state index contributed by atoms with van der Waals surface area (Å²) in [6.07, 6.45) is 1.23. The van der Waals surface area contributed by atoms with Gasteiger partial charge in [0.2, 0.25) is 0 Å². The highest BCUT2D eigenvalue weighted by molar-refractivity contribution is 6.80. The normalized spacial score (nSPS) is 13.5.